The Balaban J connectivity index is 2.44. The Bertz CT molecular complexity index is 507. The van der Waals surface area contributed by atoms with Gasteiger partial charge in [-0.25, -0.2) is 0 Å². The predicted octanol–water partition coefficient (Wildman–Crippen LogP) is 1.98. The smallest absolute Gasteiger partial charge is 0.193 e. The van der Waals surface area contributed by atoms with Gasteiger partial charge < -0.3 is 14.5 Å². The van der Waals surface area contributed by atoms with Crippen LogP contribution in [0.15, 0.2) is 22.7 Å². The molecule has 2 aromatic rings. The minimum Gasteiger partial charge on any atom is -0.493 e. The summed E-state index contributed by atoms with van der Waals surface area (Å²) < 4.78 is 12.4. The van der Waals surface area contributed by atoms with Gasteiger partial charge in [0.1, 0.15) is 17.5 Å². The molecule has 0 radical (unpaired) electrons. The van der Waals surface area contributed by atoms with E-state index in [1.54, 1.807) is 24.1 Å². The average molecular weight is 256 g/mol. The average Bonchev–Trinajstić information content (AvgIpc) is 2.89. The Labute approximate surface area is 104 Å². The van der Waals surface area contributed by atoms with E-state index in [4.69, 9.17) is 20.8 Å². The van der Waals surface area contributed by atoms with E-state index >= 15 is 0 Å². The highest BCUT2D eigenvalue weighted by molar-refractivity contribution is 6.28. The van der Waals surface area contributed by atoms with Crippen molar-refractivity contribution in [3.05, 3.63) is 35.0 Å². The number of methoxy groups -OCH3 is 1. The lowest BCUT2D eigenvalue weighted by Gasteiger charge is -2.15. The summed E-state index contributed by atoms with van der Waals surface area (Å²) in [7, 11) is 5.31. The van der Waals surface area contributed by atoms with Crippen LogP contribution in [-0.4, -0.2) is 23.9 Å². The Kier molecular flexibility index (Phi) is 3.40. The fraction of sp³-hybridized carbons (Fsp3) is 0.364. The molecule has 0 saturated heterocycles. The highest BCUT2D eigenvalue weighted by atomic mass is 35.5. The maximum Gasteiger partial charge on any atom is 0.193 e. The van der Waals surface area contributed by atoms with Gasteiger partial charge in [-0.3, -0.25) is 4.68 Å². The van der Waals surface area contributed by atoms with Crippen molar-refractivity contribution in [2.75, 3.05) is 14.2 Å². The van der Waals surface area contributed by atoms with Crippen LogP contribution in [0.1, 0.15) is 17.5 Å². The van der Waals surface area contributed by atoms with Crippen molar-refractivity contribution < 1.29 is 9.15 Å². The summed E-state index contributed by atoms with van der Waals surface area (Å²) >= 11 is 5.79. The molecule has 92 valence electrons. The van der Waals surface area contributed by atoms with E-state index in [-0.39, 0.29) is 6.04 Å². The molecule has 0 aliphatic heterocycles. The minimum atomic E-state index is -0.148. The van der Waals surface area contributed by atoms with Crippen molar-refractivity contribution >= 4 is 11.6 Å². The number of hydrogen-bond donors (Lipinski definition) is 1. The standard InChI is InChI=1S/C11H14ClN3O2/c1-13-10(7-4-5-9(12)17-7)11-8(16-3)6-14-15(11)2/h4-6,10,13H,1-3H3. The molecule has 0 spiro atoms. The highest BCUT2D eigenvalue weighted by Gasteiger charge is 2.23. The Morgan fingerprint density at radius 3 is 2.82 bits per heavy atom. The van der Waals surface area contributed by atoms with Gasteiger partial charge in [-0.2, -0.15) is 5.10 Å². The van der Waals surface area contributed by atoms with Gasteiger partial charge in [0, 0.05) is 7.05 Å². The highest BCUT2D eigenvalue weighted by Crippen LogP contribution is 2.30. The van der Waals surface area contributed by atoms with Crippen LogP contribution >= 0.6 is 11.6 Å². The van der Waals surface area contributed by atoms with Crippen LogP contribution in [0.25, 0.3) is 0 Å². The lowest BCUT2D eigenvalue weighted by molar-refractivity contribution is 0.391. The third-order valence-corrected chi connectivity index (χ3v) is 2.81. The van der Waals surface area contributed by atoms with E-state index in [2.05, 4.69) is 10.4 Å². The number of aromatic nitrogens is 2. The maximum absolute atomic E-state index is 5.79. The predicted molar refractivity (Wildman–Crippen MR) is 64.4 cm³/mol. The van der Waals surface area contributed by atoms with Gasteiger partial charge in [0.05, 0.1) is 13.3 Å². The number of ether oxygens (including phenoxy) is 1. The number of nitrogens with zero attached hydrogens (tertiary/aromatic N) is 2. The summed E-state index contributed by atoms with van der Waals surface area (Å²) in [4.78, 5) is 0. The van der Waals surface area contributed by atoms with Crippen molar-refractivity contribution in [3.8, 4) is 5.75 Å². The maximum atomic E-state index is 5.79. The molecule has 1 atom stereocenters. The van der Waals surface area contributed by atoms with Crippen LogP contribution in [0, 0.1) is 0 Å². The molecule has 2 heterocycles. The van der Waals surface area contributed by atoms with Crippen LogP contribution in [0.2, 0.25) is 5.22 Å². The third-order valence-electron chi connectivity index (χ3n) is 2.61. The molecule has 0 bridgehead atoms. The molecule has 17 heavy (non-hydrogen) atoms. The fourth-order valence-corrected chi connectivity index (χ4v) is 1.96. The summed E-state index contributed by atoms with van der Waals surface area (Å²) in [6.07, 6.45) is 1.67. The van der Waals surface area contributed by atoms with Crippen molar-refractivity contribution in [3.63, 3.8) is 0 Å². The van der Waals surface area contributed by atoms with Crippen molar-refractivity contribution in [2.45, 2.75) is 6.04 Å². The first-order valence-electron chi connectivity index (χ1n) is 5.15. The quantitative estimate of drug-likeness (QED) is 0.908. The van der Waals surface area contributed by atoms with Crippen LogP contribution in [0.3, 0.4) is 0 Å². The number of furan rings is 1. The fourth-order valence-electron chi connectivity index (χ4n) is 1.81. The Morgan fingerprint density at radius 2 is 2.29 bits per heavy atom. The summed E-state index contributed by atoms with van der Waals surface area (Å²) in [5.74, 6) is 1.43. The first-order chi connectivity index (χ1) is 8.17. The second-order valence-electron chi connectivity index (χ2n) is 3.59. The molecule has 0 aliphatic rings. The molecule has 0 amide bonds. The van der Waals surface area contributed by atoms with E-state index in [0.29, 0.717) is 11.0 Å². The molecule has 0 aliphatic carbocycles. The number of aryl methyl sites for hydroxylation is 1. The second-order valence-corrected chi connectivity index (χ2v) is 3.96. The van der Waals surface area contributed by atoms with Gasteiger partial charge in [0.2, 0.25) is 0 Å². The zero-order valence-corrected chi connectivity index (χ0v) is 10.7. The molecule has 2 rings (SSSR count). The first-order valence-corrected chi connectivity index (χ1v) is 5.53. The van der Waals surface area contributed by atoms with Crippen LogP contribution < -0.4 is 10.1 Å². The molecular formula is C11H14ClN3O2. The van der Waals surface area contributed by atoms with Gasteiger partial charge in [-0.15, -0.1) is 0 Å². The minimum absolute atomic E-state index is 0.148. The summed E-state index contributed by atoms with van der Waals surface area (Å²) in [5, 5.41) is 7.68. The van der Waals surface area contributed by atoms with Crippen LogP contribution in [-0.2, 0) is 7.05 Å². The number of hydrogen-bond acceptors (Lipinski definition) is 4. The Hall–Kier alpha value is -1.46. The molecule has 1 unspecified atom stereocenters. The van der Waals surface area contributed by atoms with Gasteiger partial charge >= 0.3 is 0 Å². The van der Waals surface area contributed by atoms with E-state index in [9.17, 15) is 0 Å². The van der Waals surface area contributed by atoms with Gasteiger partial charge in [-0.05, 0) is 30.8 Å². The van der Waals surface area contributed by atoms with Gasteiger partial charge in [0.25, 0.3) is 0 Å². The molecule has 1 N–H and O–H groups in total. The summed E-state index contributed by atoms with van der Waals surface area (Å²) in [6, 6.07) is 3.39. The molecule has 6 heteroatoms. The summed E-state index contributed by atoms with van der Waals surface area (Å²) in [6.45, 7) is 0. The second kappa shape index (κ2) is 4.81. The van der Waals surface area contributed by atoms with Crippen molar-refractivity contribution in [2.24, 2.45) is 7.05 Å². The Morgan fingerprint density at radius 1 is 1.53 bits per heavy atom. The third kappa shape index (κ3) is 2.16. The van der Waals surface area contributed by atoms with Gasteiger partial charge in [0.15, 0.2) is 11.0 Å². The lowest BCUT2D eigenvalue weighted by atomic mass is 10.1. The monoisotopic (exact) mass is 255 g/mol. The SMILES string of the molecule is CNC(c1ccc(Cl)o1)c1c(OC)cnn1C. The first kappa shape index (κ1) is 12.0. The van der Waals surface area contributed by atoms with E-state index in [0.717, 1.165) is 11.5 Å². The molecule has 0 saturated carbocycles. The largest absolute Gasteiger partial charge is 0.493 e. The lowest BCUT2D eigenvalue weighted by Crippen LogP contribution is -2.20. The van der Waals surface area contributed by atoms with E-state index in [1.165, 1.54) is 0 Å². The van der Waals surface area contributed by atoms with E-state index < -0.39 is 0 Å². The van der Waals surface area contributed by atoms with Crippen molar-refractivity contribution in [1.82, 2.24) is 15.1 Å². The molecule has 2 aromatic heterocycles. The zero-order valence-electron chi connectivity index (χ0n) is 9.90. The number of rotatable bonds is 4. The topological polar surface area (TPSA) is 52.2 Å². The zero-order chi connectivity index (χ0) is 12.4. The molecular weight excluding hydrogens is 242 g/mol. The molecule has 5 nitrogen and oxygen atoms in total. The van der Waals surface area contributed by atoms with Gasteiger partial charge in [-0.1, -0.05) is 0 Å². The number of nitrogens with one attached hydrogen (secondary N) is 1. The van der Waals surface area contributed by atoms with Crippen LogP contribution in [0.4, 0.5) is 0 Å². The molecule has 0 fully saturated rings. The van der Waals surface area contributed by atoms with Crippen LogP contribution in [0.5, 0.6) is 5.75 Å². The van der Waals surface area contributed by atoms with E-state index in [1.807, 2.05) is 20.2 Å². The summed E-state index contributed by atoms with van der Waals surface area (Å²) in [5.41, 5.74) is 0.890. The normalized spacial score (nSPS) is 12.7. The number of halogens is 1. The van der Waals surface area contributed by atoms with Crippen molar-refractivity contribution in [1.29, 1.82) is 0 Å². The molecule has 0 aromatic carbocycles.